The molecule has 3 aromatic rings. The average Bonchev–Trinajstić information content (AvgIpc) is 3.17. The molecule has 0 spiro atoms. The molecule has 146 valence electrons. The summed E-state index contributed by atoms with van der Waals surface area (Å²) < 4.78 is 5.97. The summed E-state index contributed by atoms with van der Waals surface area (Å²) in [5.74, 6) is 1.18. The van der Waals surface area contributed by atoms with Crippen LogP contribution in [0.2, 0.25) is 0 Å². The molecule has 2 heterocycles. The quantitative estimate of drug-likeness (QED) is 0.610. The third-order valence-corrected chi connectivity index (χ3v) is 6.00. The van der Waals surface area contributed by atoms with E-state index < -0.39 is 0 Å². The lowest BCUT2D eigenvalue weighted by Gasteiger charge is -2.30. The number of carbonyl (C=O) groups is 1. The van der Waals surface area contributed by atoms with Gasteiger partial charge in [-0.1, -0.05) is 24.3 Å². The molecular weight excluding hydrogens is 370 g/mol. The number of likely N-dealkylation sites (tertiary alicyclic amines) is 1. The minimum absolute atomic E-state index is 0.0606. The molecule has 0 radical (unpaired) electrons. The number of carbonyl (C=O) groups excluding carboxylic acids is 1. The van der Waals surface area contributed by atoms with Gasteiger partial charge in [0.05, 0.1) is 5.69 Å². The molecule has 1 aliphatic heterocycles. The van der Waals surface area contributed by atoms with Gasteiger partial charge < -0.3 is 14.6 Å². The summed E-state index contributed by atoms with van der Waals surface area (Å²) >= 11 is 1.64. The fourth-order valence-electron chi connectivity index (χ4n) is 3.75. The molecule has 1 saturated heterocycles. The second-order valence-electron chi connectivity index (χ2n) is 7.16. The number of anilines is 1. The first-order valence-electron chi connectivity index (χ1n) is 9.73. The highest BCUT2D eigenvalue weighted by Gasteiger charge is 2.25. The zero-order valence-electron chi connectivity index (χ0n) is 16.1. The van der Waals surface area contributed by atoms with Gasteiger partial charge in [0, 0.05) is 30.3 Å². The number of rotatable bonds is 6. The van der Waals surface area contributed by atoms with E-state index >= 15 is 0 Å². The van der Waals surface area contributed by atoms with Crippen molar-refractivity contribution in [2.45, 2.75) is 30.1 Å². The average molecular weight is 396 g/mol. The predicted molar refractivity (Wildman–Crippen MR) is 114 cm³/mol. The van der Waals surface area contributed by atoms with Crippen molar-refractivity contribution < 1.29 is 9.21 Å². The van der Waals surface area contributed by atoms with Gasteiger partial charge in [-0.2, -0.15) is 0 Å². The van der Waals surface area contributed by atoms with Gasteiger partial charge >= 0.3 is 0 Å². The highest BCUT2D eigenvalue weighted by molar-refractivity contribution is 7.98. The molecule has 0 aliphatic carbocycles. The molecule has 6 heteroatoms. The maximum Gasteiger partial charge on any atom is 0.225 e. The molecule has 28 heavy (non-hydrogen) atoms. The zero-order chi connectivity index (χ0) is 19.3. The first kappa shape index (κ1) is 19.0. The molecule has 1 amide bonds. The van der Waals surface area contributed by atoms with Crippen molar-refractivity contribution in [2.24, 2.45) is 0 Å². The lowest BCUT2D eigenvalue weighted by molar-refractivity contribution is -0.116. The van der Waals surface area contributed by atoms with Gasteiger partial charge in [0.1, 0.15) is 5.52 Å². The Morgan fingerprint density at radius 3 is 2.93 bits per heavy atom. The van der Waals surface area contributed by atoms with Crippen molar-refractivity contribution in [3.63, 3.8) is 0 Å². The van der Waals surface area contributed by atoms with Crippen molar-refractivity contribution in [1.82, 2.24) is 9.88 Å². The zero-order valence-corrected chi connectivity index (χ0v) is 16.9. The van der Waals surface area contributed by atoms with Gasteiger partial charge in [-0.25, -0.2) is 4.98 Å². The number of oxazole rings is 1. The largest absolute Gasteiger partial charge is 0.440 e. The molecule has 0 saturated carbocycles. The van der Waals surface area contributed by atoms with Crippen molar-refractivity contribution in [1.29, 1.82) is 0 Å². The van der Waals surface area contributed by atoms with Gasteiger partial charge in [-0.05, 0) is 49.9 Å². The maximum absolute atomic E-state index is 12.4. The normalized spacial score (nSPS) is 17.7. The maximum atomic E-state index is 12.4. The van der Waals surface area contributed by atoms with E-state index in [0.717, 1.165) is 60.0 Å². The van der Waals surface area contributed by atoms with Gasteiger partial charge in [0.15, 0.2) is 11.5 Å². The van der Waals surface area contributed by atoms with Crippen LogP contribution in [0.1, 0.15) is 31.1 Å². The summed E-state index contributed by atoms with van der Waals surface area (Å²) in [7, 11) is 0. The molecule has 1 aromatic heterocycles. The number of nitrogens with one attached hydrogen (secondary N) is 1. The Hall–Kier alpha value is -2.31. The van der Waals surface area contributed by atoms with Crippen LogP contribution in [-0.2, 0) is 4.79 Å². The van der Waals surface area contributed by atoms with E-state index in [2.05, 4.69) is 15.2 Å². The topological polar surface area (TPSA) is 58.4 Å². The van der Waals surface area contributed by atoms with Crippen molar-refractivity contribution in [3.05, 3.63) is 54.4 Å². The lowest BCUT2D eigenvalue weighted by Crippen LogP contribution is -2.36. The Morgan fingerprint density at radius 2 is 2.07 bits per heavy atom. The van der Waals surface area contributed by atoms with Crippen LogP contribution in [0.5, 0.6) is 0 Å². The van der Waals surface area contributed by atoms with Crippen LogP contribution in [0.15, 0.2) is 57.8 Å². The number of benzene rings is 2. The number of para-hydroxylation sites is 3. The van der Waals surface area contributed by atoms with Gasteiger partial charge in [0.25, 0.3) is 0 Å². The number of hydrogen-bond acceptors (Lipinski definition) is 5. The Bertz CT molecular complexity index is 923. The number of piperidine rings is 1. The predicted octanol–water partition coefficient (Wildman–Crippen LogP) is 4.76. The molecular formula is C22H25N3O2S. The van der Waals surface area contributed by atoms with E-state index in [4.69, 9.17) is 4.42 Å². The molecule has 1 N–H and O–H groups in total. The van der Waals surface area contributed by atoms with E-state index in [1.54, 1.807) is 11.8 Å². The Morgan fingerprint density at radius 1 is 1.25 bits per heavy atom. The highest BCUT2D eigenvalue weighted by Crippen LogP contribution is 2.29. The monoisotopic (exact) mass is 395 g/mol. The van der Waals surface area contributed by atoms with Crippen molar-refractivity contribution >= 4 is 34.5 Å². The number of thioether (sulfide) groups is 1. The Balaban J connectivity index is 1.33. The molecule has 1 fully saturated rings. The molecule has 1 unspecified atom stereocenters. The summed E-state index contributed by atoms with van der Waals surface area (Å²) in [6, 6.07) is 15.8. The van der Waals surface area contributed by atoms with Gasteiger partial charge in [0.2, 0.25) is 5.91 Å². The smallest absolute Gasteiger partial charge is 0.225 e. The molecule has 5 nitrogen and oxygen atoms in total. The van der Waals surface area contributed by atoms with Crippen LogP contribution < -0.4 is 5.32 Å². The summed E-state index contributed by atoms with van der Waals surface area (Å²) in [6.45, 7) is 2.66. The third-order valence-electron chi connectivity index (χ3n) is 5.20. The van der Waals surface area contributed by atoms with Crippen molar-refractivity contribution in [3.8, 4) is 0 Å². The van der Waals surface area contributed by atoms with Crippen LogP contribution in [0.3, 0.4) is 0 Å². The first-order chi connectivity index (χ1) is 13.7. The number of nitrogens with zero attached hydrogens (tertiary/aromatic N) is 2. The van der Waals surface area contributed by atoms with E-state index in [0.29, 0.717) is 12.3 Å². The SMILES string of the molecule is CSc1ccccc1NC(=O)CCN1CCCC(c2nc3ccccc3o2)C1. The Labute approximate surface area is 169 Å². The lowest BCUT2D eigenvalue weighted by atomic mass is 9.98. The molecule has 2 aromatic carbocycles. The number of hydrogen-bond donors (Lipinski definition) is 1. The second kappa shape index (κ2) is 8.80. The van der Waals surface area contributed by atoms with E-state index in [1.807, 2.05) is 54.8 Å². The number of fused-ring (bicyclic) bond motifs is 1. The van der Waals surface area contributed by atoms with Gasteiger partial charge in [-0.3, -0.25) is 4.79 Å². The second-order valence-corrected chi connectivity index (χ2v) is 8.01. The summed E-state index contributed by atoms with van der Waals surface area (Å²) in [6.07, 6.45) is 4.69. The van der Waals surface area contributed by atoms with Crippen LogP contribution >= 0.6 is 11.8 Å². The molecule has 0 bridgehead atoms. The third kappa shape index (κ3) is 4.39. The van der Waals surface area contributed by atoms with Gasteiger partial charge in [-0.15, -0.1) is 11.8 Å². The number of amides is 1. The summed E-state index contributed by atoms with van der Waals surface area (Å²) in [4.78, 5) is 20.5. The highest BCUT2D eigenvalue weighted by atomic mass is 32.2. The van der Waals surface area contributed by atoms with Crippen LogP contribution in [-0.4, -0.2) is 41.7 Å². The number of aromatic nitrogens is 1. The van der Waals surface area contributed by atoms with Crippen molar-refractivity contribution in [2.75, 3.05) is 31.2 Å². The summed E-state index contributed by atoms with van der Waals surface area (Å²) in [5.41, 5.74) is 2.66. The van der Waals surface area contributed by atoms with E-state index in [1.165, 1.54) is 0 Å². The molecule has 1 aliphatic rings. The van der Waals surface area contributed by atoms with E-state index in [-0.39, 0.29) is 5.91 Å². The van der Waals surface area contributed by atoms with Crippen LogP contribution in [0.25, 0.3) is 11.1 Å². The fraction of sp³-hybridized carbons (Fsp3) is 0.364. The summed E-state index contributed by atoms with van der Waals surface area (Å²) in [5, 5.41) is 3.04. The van der Waals surface area contributed by atoms with Crippen LogP contribution in [0, 0.1) is 0 Å². The van der Waals surface area contributed by atoms with E-state index in [9.17, 15) is 4.79 Å². The Kier molecular flexibility index (Phi) is 5.98. The molecule has 4 rings (SSSR count). The minimum Gasteiger partial charge on any atom is -0.440 e. The van der Waals surface area contributed by atoms with Crippen LogP contribution in [0.4, 0.5) is 5.69 Å². The fourth-order valence-corrected chi connectivity index (χ4v) is 4.30. The minimum atomic E-state index is 0.0606. The molecule has 1 atom stereocenters. The first-order valence-corrected chi connectivity index (χ1v) is 11.0. The standard InChI is InChI=1S/C22H25N3O2S/c1-28-20-11-5-3-9-18(20)23-21(26)12-14-25-13-6-7-16(15-25)22-24-17-8-2-4-10-19(17)27-22/h2-5,8-11,16H,6-7,12-15H2,1H3,(H,23,26).